The lowest BCUT2D eigenvalue weighted by Gasteiger charge is -2.06. The summed E-state index contributed by atoms with van der Waals surface area (Å²) < 4.78 is 2.19. The highest BCUT2D eigenvalue weighted by atomic mass is 15.0. The van der Waals surface area contributed by atoms with Crippen LogP contribution in [0.1, 0.15) is 17.7 Å². The van der Waals surface area contributed by atoms with Crippen molar-refractivity contribution >= 4 is 28.4 Å². The minimum absolute atomic E-state index is 0.662. The fourth-order valence-electron chi connectivity index (χ4n) is 2.51. The number of aryl methyl sites for hydroxylation is 2. The van der Waals surface area contributed by atoms with E-state index in [1.165, 1.54) is 22.2 Å². The molecule has 0 aliphatic heterocycles. The van der Waals surface area contributed by atoms with Gasteiger partial charge in [0.05, 0.1) is 16.9 Å². The average Bonchev–Trinajstić information content (AvgIpc) is 2.55. The van der Waals surface area contributed by atoms with Crippen molar-refractivity contribution in [3.05, 3.63) is 29.5 Å². The Bertz CT molecular complexity index is 605. The van der Waals surface area contributed by atoms with Gasteiger partial charge in [-0.05, 0) is 36.6 Å². The number of aromatic nitrogens is 1. The van der Waals surface area contributed by atoms with E-state index in [0.717, 1.165) is 12.8 Å². The zero-order chi connectivity index (χ0) is 11.3. The van der Waals surface area contributed by atoms with E-state index >= 15 is 0 Å². The number of rotatable bonds is 0. The van der Waals surface area contributed by atoms with Crippen LogP contribution in [0.2, 0.25) is 0 Å². The van der Waals surface area contributed by atoms with Gasteiger partial charge in [0, 0.05) is 18.1 Å². The second-order valence-corrected chi connectivity index (χ2v) is 4.36. The van der Waals surface area contributed by atoms with Gasteiger partial charge >= 0.3 is 0 Å². The third kappa shape index (κ3) is 1.08. The summed E-state index contributed by atoms with van der Waals surface area (Å²) in [7, 11) is 2.08. The van der Waals surface area contributed by atoms with Crippen molar-refractivity contribution in [2.45, 2.75) is 12.8 Å². The number of anilines is 2. The molecular weight excluding hydrogens is 198 g/mol. The van der Waals surface area contributed by atoms with Gasteiger partial charge in [-0.3, -0.25) is 0 Å². The summed E-state index contributed by atoms with van der Waals surface area (Å²) in [5, 5.41) is 1.24. The topological polar surface area (TPSA) is 57.0 Å². The first-order valence-electron chi connectivity index (χ1n) is 5.51. The molecule has 1 heterocycles. The van der Waals surface area contributed by atoms with E-state index in [-0.39, 0.29) is 0 Å². The fourth-order valence-corrected chi connectivity index (χ4v) is 2.51. The van der Waals surface area contributed by atoms with Crippen molar-refractivity contribution < 1.29 is 0 Å². The number of hydrogen-bond acceptors (Lipinski definition) is 2. The van der Waals surface area contributed by atoms with Crippen LogP contribution in [-0.4, -0.2) is 4.57 Å². The highest BCUT2D eigenvalue weighted by Crippen LogP contribution is 2.33. The molecule has 4 N–H and O–H groups in total. The highest BCUT2D eigenvalue weighted by molar-refractivity contribution is 5.94. The molecule has 3 nitrogen and oxygen atoms in total. The molecule has 0 amide bonds. The van der Waals surface area contributed by atoms with E-state index in [1.54, 1.807) is 0 Å². The first kappa shape index (κ1) is 9.33. The molecule has 16 heavy (non-hydrogen) atoms. The predicted molar refractivity (Wildman–Crippen MR) is 69.1 cm³/mol. The second-order valence-electron chi connectivity index (χ2n) is 4.36. The molecule has 82 valence electrons. The van der Waals surface area contributed by atoms with Crippen LogP contribution in [-0.2, 0) is 13.5 Å². The molecule has 3 heteroatoms. The van der Waals surface area contributed by atoms with Gasteiger partial charge < -0.3 is 16.0 Å². The number of nitrogens with zero attached hydrogens (tertiary/aromatic N) is 1. The lowest BCUT2D eigenvalue weighted by molar-refractivity contribution is 0.908. The van der Waals surface area contributed by atoms with Crippen LogP contribution >= 0.6 is 0 Å². The van der Waals surface area contributed by atoms with E-state index in [4.69, 9.17) is 11.5 Å². The summed E-state index contributed by atoms with van der Waals surface area (Å²) in [4.78, 5) is 0. The van der Waals surface area contributed by atoms with Gasteiger partial charge in [0.15, 0.2) is 0 Å². The van der Waals surface area contributed by atoms with E-state index < -0.39 is 0 Å². The Hall–Kier alpha value is -1.90. The molecule has 1 aromatic carbocycles. The van der Waals surface area contributed by atoms with Gasteiger partial charge in [-0.15, -0.1) is 0 Å². The van der Waals surface area contributed by atoms with Crippen molar-refractivity contribution in [1.82, 2.24) is 4.57 Å². The molecule has 1 aromatic heterocycles. The molecule has 3 rings (SSSR count). The Morgan fingerprint density at radius 2 is 1.94 bits per heavy atom. The molecule has 2 aromatic rings. The maximum Gasteiger partial charge on any atom is 0.0569 e. The van der Waals surface area contributed by atoms with Crippen LogP contribution in [0.5, 0.6) is 0 Å². The van der Waals surface area contributed by atoms with Crippen LogP contribution < -0.4 is 11.5 Å². The molecule has 0 saturated carbocycles. The SMILES string of the molecule is Cn1c2c(c3cc(N)c(N)cc31)CCC=C2. The van der Waals surface area contributed by atoms with Gasteiger partial charge in [-0.1, -0.05) is 6.08 Å². The fraction of sp³-hybridized carbons (Fsp3) is 0.231. The maximum atomic E-state index is 5.88. The van der Waals surface area contributed by atoms with Gasteiger partial charge in [0.2, 0.25) is 0 Å². The van der Waals surface area contributed by atoms with E-state index in [2.05, 4.69) is 23.8 Å². The molecule has 0 fully saturated rings. The molecule has 1 aliphatic rings. The summed E-state index contributed by atoms with van der Waals surface area (Å²) in [6.45, 7) is 0. The molecule has 0 unspecified atom stereocenters. The van der Waals surface area contributed by atoms with Crippen molar-refractivity contribution in [1.29, 1.82) is 0 Å². The Labute approximate surface area is 94.3 Å². The average molecular weight is 213 g/mol. The minimum atomic E-state index is 0.662. The largest absolute Gasteiger partial charge is 0.397 e. The van der Waals surface area contributed by atoms with Gasteiger partial charge in [0.1, 0.15) is 0 Å². The zero-order valence-corrected chi connectivity index (χ0v) is 9.33. The summed E-state index contributed by atoms with van der Waals surface area (Å²) in [5.74, 6) is 0. The molecular formula is C13H15N3. The monoisotopic (exact) mass is 213 g/mol. The van der Waals surface area contributed by atoms with Gasteiger partial charge in [-0.25, -0.2) is 0 Å². The van der Waals surface area contributed by atoms with E-state index in [9.17, 15) is 0 Å². The molecule has 0 spiro atoms. The third-order valence-electron chi connectivity index (χ3n) is 3.40. The van der Waals surface area contributed by atoms with Crippen LogP contribution in [0.4, 0.5) is 11.4 Å². The van der Waals surface area contributed by atoms with Crippen LogP contribution in [0, 0.1) is 0 Å². The summed E-state index contributed by atoms with van der Waals surface area (Å²) >= 11 is 0. The molecule has 0 atom stereocenters. The second kappa shape index (κ2) is 3.04. The number of nitrogen functional groups attached to an aromatic ring is 2. The van der Waals surface area contributed by atoms with Crippen molar-refractivity contribution in [3.63, 3.8) is 0 Å². The maximum absolute atomic E-state index is 5.88. The Balaban J connectivity index is 2.45. The third-order valence-corrected chi connectivity index (χ3v) is 3.40. The number of hydrogen-bond donors (Lipinski definition) is 2. The first-order valence-corrected chi connectivity index (χ1v) is 5.51. The van der Waals surface area contributed by atoms with Crippen molar-refractivity contribution in [2.75, 3.05) is 11.5 Å². The Kier molecular flexibility index (Phi) is 1.78. The standard InChI is InChI=1S/C13H15N3/c1-16-12-5-3-2-4-8(12)9-6-10(14)11(15)7-13(9)16/h3,5-7H,2,4,14-15H2,1H3. The molecule has 0 saturated heterocycles. The van der Waals surface area contributed by atoms with Crippen LogP contribution in [0.3, 0.4) is 0 Å². The van der Waals surface area contributed by atoms with Gasteiger partial charge in [0.25, 0.3) is 0 Å². The van der Waals surface area contributed by atoms with Crippen LogP contribution in [0.25, 0.3) is 17.0 Å². The first-order chi connectivity index (χ1) is 7.68. The molecule has 0 bridgehead atoms. The Morgan fingerprint density at radius 1 is 1.19 bits per heavy atom. The predicted octanol–water partition coefficient (Wildman–Crippen LogP) is 2.30. The van der Waals surface area contributed by atoms with Crippen molar-refractivity contribution in [2.24, 2.45) is 7.05 Å². The lowest BCUT2D eigenvalue weighted by atomic mass is 10.0. The summed E-state index contributed by atoms with van der Waals surface area (Å²) in [6, 6.07) is 3.97. The normalized spacial score (nSPS) is 14.3. The number of nitrogens with two attached hydrogens (primary N) is 2. The lowest BCUT2D eigenvalue weighted by Crippen LogP contribution is -1.96. The molecule has 1 aliphatic carbocycles. The van der Waals surface area contributed by atoms with Crippen molar-refractivity contribution in [3.8, 4) is 0 Å². The minimum Gasteiger partial charge on any atom is -0.397 e. The smallest absolute Gasteiger partial charge is 0.0569 e. The summed E-state index contributed by atoms with van der Waals surface area (Å²) in [6.07, 6.45) is 6.60. The quantitative estimate of drug-likeness (QED) is 0.660. The zero-order valence-electron chi connectivity index (χ0n) is 9.33. The molecule has 0 radical (unpaired) electrons. The Morgan fingerprint density at radius 3 is 2.75 bits per heavy atom. The van der Waals surface area contributed by atoms with Crippen LogP contribution in [0.15, 0.2) is 18.2 Å². The number of fused-ring (bicyclic) bond motifs is 3. The van der Waals surface area contributed by atoms with Gasteiger partial charge in [-0.2, -0.15) is 0 Å². The number of allylic oxidation sites excluding steroid dienone is 1. The van der Waals surface area contributed by atoms with E-state index in [1.807, 2.05) is 12.1 Å². The van der Waals surface area contributed by atoms with E-state index in [0.29, 0.717) is 11.4 Å². The summed E-state index contributed by atoms with van der Waals surface area (Å²) in [5.41, 5.74) is 16.9. The number of benzene rings is 1. The highest BCUT2D eigenvalue weighted by Gasteiger charge is 2.16.